The van der Waals surface area contributed by atoms with E-state index >= 15 is 0 Å². The van der Waals surface area contributed by atoms with Crippen LogP contribution in [-0.4, -0.2) is 29.5 Å². The molecule has 0 aromatic heterocycles. The van der Waals surface area contributed by atoms with Gasteiger partial charge in [0.05, 0.1) is 12.6 Å². The number of halogens is 1. The minimum absolute atomic E-state index is 0.146. The molecule has 2 rings (SSSR count). The van der Waals surface area contributed by atoms with E-state index in [4.69, 9.17) is 0 Å². The predicted octanol–water partition coefficient (Wildman–Crippen LogP) is 1.35. The van der Waals surface area contributed by atoms with Gasteiger partial charge in [-0.05, 0) is 31.5 Å². The summed E-state index contributed by atoms with van der Waals surface area (Å²) in [7, 11) is 0. The van der Waals surface area contributed by atoms with E-state index < -0.39 is 12.1 Å². The fourth-order valence-electron chi connectivity index (χ4n) is 2.06. The Hall–Kier alpha value is -1.40. The number of piperazine rings is 1. The van der Waals surface area contributed by atoms with Crippen molar-refractivity contribution in [2.24, 2.45) is 0 Å². The molecule has 19 heavy (non-hydrogen) atoms. The Kier molecular flexibility index (Phi) is 3.91. The molecule has 1 unspecified atom stereocenters. The van der Waals surface area contributed by atoms with Crippen molar-refractivity contribution in [2.45, 2.75) is 26.0 Å². The summed E-state index contributed by atoms with van der Waals surface area (Å²) in [5, 5.41) is 11.9. The van der Waals surface area contributed by atoms with E-state index in [2.05, 4.69) is 21.2 Å². The number of carbonyl (C=O) groups excluding carboxylic acids is 2. The molecule has 1 aromatic rings. The van der Waals surface area contributed by atoms with Crippen LogP contribution in [0.1, 0.15) is 25.5 Å². The summed E-state index contributed by atoms with van der Waals surface area (Å²) in [5.74, 6) is -0.606. The second kappa shape index (κ2) is 5.30. The summed E-state index contributed by atoms with van der Waals surface area (Å²) in [6.45, 7) is 3.58. The average molecular weight is 327 g/mol. The van der Waals surface area contributed by atoms with Gasteiger partial charge < -0.3 is 10.0 Å². The third-order valence-corrected chi connectivity index (χ3v) is 3.88. The van der Waals surface area contributed by atoms with Crippen LogP contribution in [0.5, 0.6) is 0 Å². The van der Waals surface area contributed by atoms with Gasteiger partial charge in [0.1, 0.15) is 6.04 Å². The lowest BCUT2D eigenvalue weighted by atomic mass is 10.1. The number of amides is 2. The third-order valence-electron chi connectivity index (χ3n) is 3.19. The average Bonchev–Trinajstić information content (AvgIpc) is 2.33. The first-order valence-corrected chi connectivity index (χ1v) is 6.77. The molecule has 2 atom stereocenters. The number of rotatable bonds is 2. The number of aliphatic hydroxyl groups is 1. The van der Waals surface area contributed by atoms with Gasteiger partial charge >= 0.3 is 0 Å². The Balaban J connectivity index is 2.33. The van der Waals surface area contributed by atoms with Gasteiger partial charge in [-0.2, -0.15) is 0 Å². The summed E-state index contributed by atoms with van der Waals surface area (Å²) in [5.41, 5.74) is 1.54. The zero-order chi connectivity index (χ0) is 14.2. The fraction of sp³-hybridized carbons (Fsp3) is 0.385. The molecule has 102 valence electrons. The second-order valence-corrected chi connectivity index (χ2v) is 5.45. The van der Waals surface area contributed by atoms with E-state index in [-0.39, 0.29) is 18.4 Å². The standard InChI is InChI=1S/C13H15BrN2O3/c1-7-13(19)15-12(18)6-16(7)9-3-4-10(8(2)17)11(14)5-9/h3-5,7-8,17H,6H2,1-2H3,(H,15,18,19)/t7?,8-/m1/s1. The van der Waals surface area contributed by atoms with Crippen molar-refractivity contribution in [2.75, 3.05) is 11.4 Å². The Morgan fingerprint density at radius 3 is 2.74 bits per heavy atom. The van der Waals surface area contributed by atoms with E-state index in [9.17, 15) is 14.7 Å². The summed E-state index contributed by atoms with van der Waals surface area (Å²) in [6, 6.07) is 5.00. The topological polar surface area (TPSA) is 69.6 Å². The maximum atomic E-state index is 11.6. The van der Waals surface area contributed by atoms with Crippen LogP contribution in [0.25, 0.3) is 0 Å². The quantitative estimate of drug-likeness (QED) is 0.805. The number of hydrogen-bond acceptors (Lipinski definition) is 4. The van der Waals surface area contributed by atoms with Crippen LogP contribution < -0.4 is 10.2 Å². The Morgan fingerprint density at radius 1 is 1.47 bits per heavy atom. The first-order valence-electron chi connectivity index (χ1n) is 5.98. The lowest BCUT2D eigenvalue weighted by Crippen LogP contribution is -2.57. The lowest BCUT2D eigenvalue weighted by Gasteiger charge is -2.33. The molecule has 0 bridgehead atoms. The van der Waals surface area contributed by atoms with Gasteiger partial charge in [-0.25, -0.2) is 0 Å². The van der Waals surface area contributed by atoms with Crippen molar-refractivity contribution in [3.8, 4) is 0 Å². The second-order valence-electron chi connectivity index (χ2n) is 4.60. The van der Waals surface area contributed by atoms with Crippen LogP contribution in [0.2, 0.25) is 0 Å². The normalized spacial score (nSPS) is 21.3. The number of imide groups is 1. The predicted molar refractivity (Wildman–Crippen MR) is 74.7 cm³/mol. The maximum Gasteiger partial charge on any atom is 0.249 e. The highest BCUT2D eigenvalue weighted by molar-refractivity contribution is 9.10. The number of benzene rings is 1. The van der Waals surface area contributed by atoms with Crippen LogP contribution in [0.15, 0.2) is 22.7 Å². The number of nitrogens with one attached hydrogen (secondary N) is 1. The van der Waals surface area contributed by atoms with E-state index in [0.29, 0.717) is 0 Å². The van der Waals surface area contributed by atoms with Crippen molar-refractivity contribution in [3.05, 3.63) is 28.2 Å². The molecular weight excluding hydrogens is 312 g/mol. The minimum Gasteiger partial charge on any atom is -0.389 e. The number of hydrogen-bond donors (Lipinski definition) is 2. The van der Waals surface area contributed by atoms with Crippen molar-refractivity contribution >= 4 is 33.4 Å². The highest BCUT2D eigenvalue weighted by Crippen LogP contribution is 2.29. The first-order chi connectivity index (χ1) is 8.90. The zero-order valence-electron chi connectivity index (χ0n) is 10.7. The molecule has 0 radical (unpaired) electrons. The van der Waals surface area contributed by atoms with Crippen LogP contribution in [-0.2, 0) is 9.59 Å². The molecule has 2 amide bonds. The van der Waals surface area contributed by atoms with E-state index in [1.807, 2.05) is 6.07 Å². The first kappa shape index (κ1) is 14.0. The van der Waals surface area contributed by atoms with Crippen LogP contribution in [0, 0.1) is 0 Å². The molecule has 1 heterocycles. The molecule has 1 fully saturated rings. The highest BCUT2D eigenvalue weighted by Gasteiger charge is 2.30. The van der Waals surface area contributed by atoms with E-state index in [1.54, 1.807) is 30.9 Å². The molecule has 0 aliphatic carbocycles. The van der Waals surface area contributed by atoms with Gasteiger partial charge in [-0.3, -0.25) is 14.9 Å². The summed E-state index contributed by atoms with van der Waals surface area (Å²) in [4.78, 5) is 24.8. The van der Waals surface area contributed by atoms with Crippen molar-refractivity contribution in [1.29, 1.82) is 0 Å². The van der Waals surface area contributed by atoms with Crippen LogP contribution in [0.4, 0.5) is 5.69 Å². The summed E-state index contributed by atoms with van der Waals surface area (Å²) >= 11 is 3.39. The zero-order valence-corrected chi connectivity index (χ0v) is 12.3. The fourth-order valence-corrected chi connectivity index (χ4v) is 2.76. The van der Waals surface area contributed by atoms with Crippen molar-refractivity contribution < 1.29 is 14.7 Å². The molecular formula is C13H15BrN2O3. The van der Waals surface area contributed by atoms with Crippen LogP contribution in [0.3, 0.4) is 0 Å². The van der Waals surface area contributed by atoms with Gasteiger partial charge in [0.25, 0.3) is 0 Å². The van der Waals surface area contributed by atoms with Gasteiger partial charge in [0, 0.05) is 10.2 Å². The number of nitrogens with zero attached hydrogens (tertiary/aromatic N) is 1. The number of carbonyl (C=O) groups is 2. The van der Waals surface area contributed by atoms with Crippen molar-refractivity contribution in [1.82, 2.24) is 5.32 Å². The lowest BCUT2D eigenvalue weighted by molar-refractivity contribution is -0.132. The molecule has 1 aliphatic rings. The molecule has 0 spiro atoms. The molecule has 5 nitrogen and oxygen atoms in total. The van der Waals surface area contributed by atoms with E-state index in [0.717, 1.165) is 15.7 Å². The summed E-state index contributed by atoms with van der Waals surface area (Å²) in [6.07, 6.45) is -0.577. The SMILES string of the molecule is CC1C(=O)NC(=O)CN1c1ccc([C@@H](C)O)c(Br)c1. The van der Waals surface area contributed by atoms with Gasteiger partial charge in [0.2, 0.25) is 11.8 Å². The molecule has 0 saturated carbocycles. The molecule has 1 aromatic carbocycles. The van der Waals surface area contributed by atoms with Gasteiger partial charge in [0.15, 0.2) is 0 Å². The molecule has 1 saturated heterocycles. The van der Waals surface area contributed by atoms with Crippen LogP contribution >= 0.6 is 15.9 Å². The highest BCUT2D eigenvalue weighted by atomic mass is 79.9. The third kappa shape index (κ3) is 2.79. The summed E-state index contributed by atoms with van der Waals surface area (Å²) < 4.78 is 0.755. The maximum absolute atomic E-state index is 11.6. The number of aliphatic hydroxyl groups excluding tert-OH is 1. The molecule has 2 N–H and O–H groups in total. The Labute approximate surface area is 119 Å². The Bertz CT molecular complexity index is 531. The van der Waals surface area contributed by atoms with Gasteiger partial charge in [-0.1, -0.05) is 22.0 Å². The number of anilines is 1. The largest absolute Gasteiger partial charge is 0.389 e. The van der Waals surface area contributed by atoms with Crippen molar-refractivity contribution in [3.63, 3.8) is 0 Å². The Morgan fingerprint density at radius 2 is 2.16 bits per heavy atom. The monoisotopic (exact) mass is 326 g/mol. The smallest absolute Gasteiger partial charge is 0.249 e. The molecule has 1 aliphatic heterocycles. The molecule has 6 heteroatoms. The van der Waals surface area contributed by atoms with Gasteiger partial charge in [-0.15, -0.1) is 0 Å². The van der Waals surface area contributed by atoms with E-state index in [1.165, 1.54) is 0 Å². The minimum atomic E-state index is -0.577.